The van der Waals surface area contributed by atoms with E-state index in [-0.39, 0.29) is 5.92 Å². The number of aromatic nitrogens is 1. The zero-order chi connectivity index (χ0) is 11.2. The Bertz CT molecular complexity index is 414. The molecule has 0 aliphatic rings. The molecule has 0 spiro atoms. The average Bonchev–Trinajstić information content (AvgIpc) is 2.38. The summed E-state index contributed by atoms with van der Waals surface area (Å²) in [5, 5.41) is 11.8. The van der Waals surface area contributed by atoms with Crippen LogP contribution in [0.5, 0.6) is 0 Å². The molecule has 3 heteroatoms. The minimum Gasteiger partial charge on any atom is -0.411 e. The monoisotopic (exact) mass is 212 g/mol. The van der Waals surface area contributed by atoms with Crippen LogP contribution in [-0.4, -0.2) is 16.4 Å². The largest absolute Gasteiger partial charge is 0.411 e. The van der Waals surface area contributed by atoms with Gasteiger partial charge in [0.25, 0.3) is 0 Å². The maximum Gasteiger partial charge on any atom is 0.0649 e. The van der Waals surface area contributed by atoms with Crippen molar-refractivity contribution in [3.8, 4) is 0 Å². The molecule has 16 heavy (non-hydrogen) atoms. The van der Waals surface area contributed by atoms with Crippen LogP contribution in [0.25, 0.3) is 0 Å². The van der Waals surface area contributed by atoms with Gasteiger partial charge in [0.15, 0.2) is 0 Å². The van der Waals surface area contributed by atoms with Crippen molar-refractivity contribution in [2.45, 2.75) is 5.92 Å². The number of rotatable bonds is 3. The van der Waals surface area contributed by atoms with Gasteiger partial charge in [0.05, 0.1) is 17.8 Å². The minimum atomic E-state index is -0.104. The molecule has 1 N–H and O–H groups in total. The van der Waals surface area contributed by atoms with Crippen LogP contribution >= 0.6 is 0 Å². The zero-order valence-corrected chi connectivity index (χ0v) is 8.69. The van der Waals surface area contributed by atoms with E-state index < -0.39 is 0 Å². The van der Waals surface area contributed by atoms with E-state index in [4.69, 9.17) is 5.21 Å². The highest BCUT2D eigenvalue weighted by Crippen LogP contribution is 2.20. The molecule has 0 aliphatic carbocycles. The second kappa shape index (κ2) is 5.07. The molecule has 0 fully saturated rings. The lowest BCUT2D eigenvalue weighted by Gasteiger charge is -2.10. The summed E-state index contributed by atoms with van der Waals surface area (Å²) >= 11 is 0. The van der Waals surface area contributed by atoms with Gasteiger partial charge in [-0.15, -0.1) is 5.16 Å². The van der Waals surface area contributed by atoms with Gasteiger partial charge in [0, 0.05) is 6.20 Å². The van der Waals surface area contributed by atoms with E-state index in [0.717, 1.165) is 11.3 Å². The summed E-state index contributed by atoms with van der Waals surface area (Å²) < 4.78 is 0. The lowest BCUT2D eigenvalue weighted by molar-refractivity contribution is 0.320. The van der Waals surface area contributed by atoms with Crippen molar-refractivity contribution in [2.75, 3.05) is 0 Å². The zero-order valence-electron chi connectivity index (χ0n) is 8.69. The first-order valence-electron chi connectivity index (χ1n) is 5.05. The van der Waals surface area contributed by atoms with E-state index in [1.54, 1.807) is 6.20 Å². The van der Waals surface area contributed by atoms with Gasteiger partial charge in [-0.2, -0.15) is 0 Å². The van der Waals surface area contributed by atoms with E-state index in [2.05, 4.69) is 10.1 Å². The van der Waals surface area contributed by atoms with Crippen LogP contribution in [0.3, 0.4) is 0 Å². The highest BCUT2D eigenvalue weighted by molar-refractivity contribution is 5.71. The Kier molecular flexibility index (Phi) is 3.28. The average molecular weight is 212 g/mol. The number of nitrogens with zero attached hydrogens (tertiary/aromatic N) is 2. The van der Waals surface area contributed by atoms with Gasteiger partial charge in [-0.1, -0.05) is 36.4 Å². The molecule has 80 valence electrons. The predicted molar refractivity (Wildman–Crippen MR) is 62.8 cm³/mol. The highest BCUT2D eigenvalue weighted by atomic mass is 16.4. The molecule has 0 saturated heterocycles. The number of oxime groups is 1. The number of hydrogen-bond donors (Lipinski definition) is 1. The summed E-state index contributed by atoms with van der Waals surface area (Å²) in [6.45, 7) is 0. The second-order valence-corrected chi connectivity index (χ2v) is 3.41. The maximum absolute atomic E-state index is 8.70. The Balaban J connectivity index is 2.39. The first-order valence-corrected chi connectivity index (χ1v) is 5.05. The van der Waals surface area contributed by atoms with Crippen LogP contribution in [0.4, 0.5) is 0 Å². The van der Waals surface area contributed by atoms with E-state index in [1.807, 2.05) is 48.5 Å². The molecular formula is C13H12N2O. The van der Waals surface area contributed by atoms with Gasteiger partial charge in [-0.3, -0.25) is 4.98 Å². The lowest BCUT2D eigenvalue weighted by atomic mass is 9.96. The Morgan fingerprint density at radius 3 is 2.44 bits per heavy atom. The SMILES string of the molecule is ON=CC(c1ccccc1)c1ccccn1. The van der Waals surface area contributed by atoms with Gasteiger partial charge in [0.1, 0.15) is 0 Å². The molecule has 0 saturated carbocycles. The Morgan fingerprint density at radius 1 is 1.06 bits per heavy atom. The highest BCUT2D eigenvalue weighted by Gasteiger charge is 2.12. The molecule has 1 atom stereocenters. The Hall–Kier alpha value is -2.16. The van der Waals surface area contributed by atoms with Gasteiger partial charge < -0.3 is 5.21 Å². The summed E-state index contributed by atoms with van der Waals surface area (Å²) in [6, 6.07) is 15.5. The van der Waals surface area contributed by atoms with Crippen molar-refractivity contribution in [1.29, 1.82) is 0 Å². The van der Waals surface area contributed by atoms with Crippen LogP contribution in [0.15, 0.2) is 59.9 Å². The summed E-state index contributed by atoms with van der Waals surface area (Å²) in [4.78, 5) is 4.27. The predicted octanol–water partition coefficient (Wildman–Crippen LogP) is 2.67. The van der Waals surface area contributed by atoms with Gasteiger partial charge in [-0.25, -0.2) is 0 Å². The van der Waals surface area contributed by atoms with Crippen molar-refractivity contribution < 1.29 is 5.21 Å². The quantitative estimate of drug-likeness (QED) is 0.483. The number of benzene rings is 1. The number of pyridine rings is 1. The van der Waals surface area contributed by atoms with E-state index in [0.29, 0.717) is 0 Å². The summed E-state index contributed by atoms with van der Waals surface area (Å²) in [5.74, 6) is -0.104. The van der Waals surface area contributed by atoms with Crippen molar-refractivity contribution in [2.24, 2.45) is 5.16 Å². The molecule has 1 heterocycles. The van der Waals surface area contributed by atoms with Crippen molar-refractivity contribution in [1.82, 2.24) is 4.98 Å². The standard InChI is InChI=1S/C13H12N2O/c16-15-10-12(11-6-2-1-3-7-11)13-8-4-5-9-14-13/h1-10,12,16H. The van der Waals surface area contributed by atoms with Gasteiger partial charge >= 0.3 is 0 Å². The fraction of sp³-hybridized carbons (Fsp3) is 0.0769. The van der Waals surface area contributed by atoms with Crippen molar-refractivity contribution in [3.05, 3.63) is 66.0 Å². The second-order valence-electron chi connectivity index (χ2n) is 3.41. The van der Waals surface area contributed by atoms with Crippen LogP contribution in [0.2, 0.25) is 0 Å². The topological polar surface area (TPSA) is 45.5 Å². The molecule has 0 bridgehead atoms. The first-order chi connectivity index (χ1) is 7.92. The molecule has 0 radical (unpaired) electrons. The molecule has 1 aromatic carbocycles. The fourth-order valence-electron chi connectivity index (χ4n) is 1.62. The third-order valence-electron chi connectivity index (χ3n) is 2.38. The molecule has 0 aliphatic heterocycles. The van der Waals surface area contributed by atoms with Gasteiger partial charge in [-0.05, 0) is 17.7 Å². The fourth-order valence-corrected chi connectivity index (χ4v) is 1.62. The summed E-state index contributed by atoms with van der Waals surface area (Å²) in [7, 11) is 0. The molecule has 0 amide bonds. The van der Waals surface area contributed by atoms with Crippen LogP contribution in [0, 0.1) is 0 Å². The van der Waals surface area contributed by atoms with Crippen molar-refractivity contribution >= 4 is 6.21 Å². The van der Waals surface area contributed by atoms with Crippen LogP contribution in [-0.2, 0) is 0 Å². The smallest absolute Gasteiger partial charge is 0.0649 e. The first kappa shape index (κ1) is 10.4. The summed E-state index contributed by atoms with van der Waals surface area (Å²) in [5.41, 5.74) is 1.92. The van der Waals surface area contributed by atoms with E-state index >= 15 is 0 Å². The van der Waals surface area contributed by atoms with Crippen molar-refractivity contribution in [3.63, 3.8) is 0 Å². The lowest BCUT2D eigenvalue weighted by Crippen LogP contribution is -2.04. The number of hydrogen-bond acceptors (Lipinski definition) is 3. The van der Waals surface area contributed by atoms with E-state index in [1.165, 1.54) is 6.21 Å². The Morgan fingerprint density at radius 2 is 1.81 bits per heavy atom. The molecule has 2 rings (SSSR count). The molecule has 1 aromatic heterocycles. The minimum absolute atomic E-state index is 0.104. The Labute approximate surface area is 94.1 Å². The molecule has 1 unspecified atom stereocenters. The molecule has 2 aromatic rings. The third kappa shape index (κ3) is 2.25. The van der Waals surface area contributed by atoms with Crippen LogP contribution in [0.1, 0.15) is 17.2 Å². The maximum atomic E-state index is 8.70. The van der Waals surface area contributed by atoms with Gasteiger partial charge in [0.2, 0.25) is 0 Å². The van der Waals surface area contributed by atoms with E-state index in [9.17, 15) is 0 Å². The van der Waals surface area contributed by atoms with Crippen LogP contribution < -0.4 is 0 Å². The molecule has 3 nitrogen and oxygen atoms in total. The normalized spacial score (nSPS) is 12.8. The summed E-state index contributed by atoms with van der Waals surface area (Å²) in [6.07, 6.45) is 3.22. The third-order valence-corrected chi connectivity index (χ3v) is 2.38. The molecular weight excluding hydrogens is 200 g/mol.